The molecule has 24 heavy (non-hydrogen) atoms. The number of aromatic nitrogens is 3. The number of hydrogen-bond donors (Lipinski definition) is 2. The number of rotatable bonds is 6. The first-order chi connectivity index (χ1) is 11.0. The molecule has 0 aliphatic heterocycles. The van der Waals surface area contributed by atoms with Gasteiger partial charge in [-0.05, 0) is 37.8 Å². The molecule has 8 heteroatoms. The first-order valence-corrected chi connectivity index (χ1v) is 8.69. The van der Waals surface area contributed by atoms with E-state index in [-0.39, 0.29) is 28.7 Å². The molecular weight excluding hydrogens is 435 g/mol. The quantitative estimate of drug-likeness (QED) is 0.394. The summed E-state index contributed by atoms with van der Waals surface area (Å²) in [5, 5.41) is 6.69. The molecule has 132 valence electrons. The summed E-state index contributed by atoms with van der Waals surface area (Å²) in [6.45, 7) is 5.95. The van der Waals surface area contributed by atoms with E-state index in [0.29, 0.717) is 6.54 Å². The van der Waals surface area contributed by atoms with Crippen LogP contribution < -0.4 is 10.6 Å². The zero-order valence-electron chi connectivity index (χ0n) is 14.5. The molecule has 2 aromatic rings. The van der Waals surface area contributed by atoms with Crippen LogP contribution in [0.4, 0.5) is 0 Å². The third-order valence-electron chi connectivity index (χ3n) is 3.50. The van der Waals surface area contributed by atoms with Gasteiger partial charge in [0.2, 0.25) is 0 Å². The monoisotopic (exact) mass is 460 g/mol. The number of imidazole rings is 1. The molecule has 0 saturated carbocycles. The molecule has 0 radical (unpaired) electrons. The maximum Gasteiger partial charge on any atom is 0.191 e. The Labute approximate surface area is 165 Å². The molecule has 0 unspecified atom stereocenters. The number of aliphatic imine (C=N–C) groups is 1. The second-order valence-electron chi connectivity index (χ2n) is 5.74. The minimum Gasteiger partial charge on any atom is -0.355 e. The Kier molecular flexibility index (Phi) is 8.54. The number of pyridine rings is 1. The lowest BCUT2D eigenvalue weighted by Gasteiger charge is -2.23. The highest BCUT2D eigenvalue weighted by Gasteiger charge is 2.16. The van der Waals surface area contributed by atoms with Gasteiger partial charge >= 0.3 is 0 Å². The SMILES string of the molecule is CN=C(NCc1ccnc(-n2ccnc2)c1)NCC(C)(C)SC.I. The van der Waals surface area contributed by atoms with E-state index in [9.17, 15) is 0 Å². The standard InChI is InChI=1S/C16H24N6S.HI/c1-16(2,23-4)11-21-15(17-3)20-10-13-5-6-19-14(9-13)22-8-7-18-12-22;/h5-9,12H,10-11H2,1-4H3,(H2,17,20,21);1H. The van der Waals surface area contributed by atoms with Crippen molar-refractivity contribution in [2.45, 2.75) is 25.1 Å². The molecule has 0 aliphatic carbocycles. The predicted molar refractivity (Wildman–Crippen MR) is 113 cm³/mol. The highest BCUT2D eigenvalue weighted by molar-refractivity contribution is 14.0. The largest absolute Gasteiger partial charge is 0.355 e. The van der Waals surface area contributed by atoms with Crippen molar-refractivity contribution in [3.05, 3.63) is 42.6 Å². The van der Waals surface area contributed by atoms with Crippen molar-refractivity contribution in [2.24, 2.45) is 4.99 Å². The van der Waals surface area contributed by atoms with Crippen LogP contribution in [0.5, 0.6) is 0 Å². The van der Waals surface area contributed by atoms with Crippen LogP contribution in [0.15, 0.2) is 42.0 Å². The molecule has 0 aliphatic rings. The molecule has 0 atom stereocenters. The summed E-state index contributed by atoms with van der Waals surface area (Å²) in [5.74, 6) is 1.65. The van der Waals surface area contributed by atoms with Crippen LogP contribution in [-0.2, 0) is 6.54 Å². The number of nitrogens with zero attached hydrogens (tertiary/aromatic N) is 4. The van der Waals surface area contributed by atoms with Crippen molar-refractivity contribution < 1.29 is 0 Å². The zero-order valence-corrected chi connectivity index (χ0v) is 17.6. The predicted octanol–water partition coefficient (Wildman–Crippen LogP) is 2.69. The average Bonchev–Trinajstić information content (AvgIpc) is 3.10. The number of thioether (sulfide) groups is 1. The summed E-state index contributed by atoms with van der Waals surface area (Å²) in [6.07, 6.45) is 9.28. The Balaban J connectivity index is 0.00000288. The Morgan fingerprint density at radius 3 is 2.75 bits per heavy atom. The summed E-state index contributed by atoms with van der Waals surface area (Å²) in [7, 11) is 1.78. The van der Waals surface area contributed by atoms with Gasteiger partial charge in [-0.2, -0.15) is 11.8 Å². The van der Waals surface area contributed by atoms with Gasteiger partial charge in [-0.25, -0.2) is 9.97 Å². The van der Waals surface area contributed by atoms with Crippen LogP contribution in [0, 0.1) is 0 Å². The van der Waals surface area contributed by atoms with E-state index >= 15 is 0 Å². The van der Waals surface area contributed by atoms with E-state index in [4.69, 9.17) is 0 Å². The highest BCUT2D eigenvalue weighted by Crippen LogP contribution is 2.19. The van der Waals surface area contributed by atoms with Crippen molar-refractivity contribution in [1.29, 1.82) is 0 Å². The highest BCUT2D eigenvalue weighted by atomic mass is 127. The van der Waals surface area contributed by atoms with Gasteiger partial charge in [-0.3, -0.25) is 9.56 Å². The molecule has 2 aromatic heterocycles. The Bertz CT molecular complexity index is 642. The van der Waals surface area contributed by atoms with Crippen LogP contribution in [0.3, 0.4) is 0 Å². The molecule has 2 heterocycles. The van der Waals surface area contributed by atoms with Gasteiger partial charge in [0.1, 0.15) is 12.1 Å². The lowest BCUT2D eigenvalue weighted by molar-refractivity contribution is 0.664. The lowest BCUT2D eigenvalue weighted by atomic mass is 10.2. The van der Waals surface area contributed by atoms with E-state index in [0.717, 1.165) is 23.9 Å². The summed E-state index contributed by atoms with van der Waals surface area (Å²) in [4.78, 5) is 12.7. The van der Waals surface area contributed by atoms with Gasteiger partial charge in [0, 0.05) is 43.5 Å². The Hall–Kier alpha value is -1.29. The summed E-state index contributed by atoms with van der Waals surface area (Å²) >= 11 is 1.83. The number of nitrogens with one attached hydrogen (secondary N) is 2. The zero-order chi connectivity index (χ0) is 16.7. The van der Waals surface area contributed by atoms with E-state index in [1.807, 2.05) is 34.7 Å². The van der Waals surface area contributed by atoms with E-state index in [1.165, 1.54) is 0 Å². The van der Waals surface area contributed by atoms with Crippen LogP contribution in [-0.4, -0.2) is 45.1 Å². The average molecular weight is 460 g/mol. The van der Waals surface area contributed by atoms with Gasteiger partial charge in [-0.1, -0.05) is 0 Å². The molecule has 0 amide bonds. The van der Waals surface area contributed by atoms with E-state index in [2.05, 4.69) is 45.7 Å². The second kappa shape index (κ2) is 9.87. The van der Waals surface area contributed by atoms with Crippen molar-refractivity contribution in [3.63, 3.8) is 0 Å². The van der Waals surface area contributed by atoms with Gasteiger partial charge < -0.3 is 10.6 Å². The van der Waals surface area contributed by atoms with Gasteiger partial charge in [0.15, 0.2) is 5.96 Å². The van der Waals surface area contributed by atoms with Crippen molar-refractivity contribution >= 4 is 41.7 Å². The van der Waals surface area contributed by atoms with Crippen LogP contribution in [0.25, 0.3) is 5.82 Å². The molecule has 0 aromatic carbocycles. The lowest BCUT2D eigenvalue weighted by Crippen LogP contribution is -2.43. The van der Waals surface area contributed by atoms with Crippen molar-refractivity contribution in [1.82, 2.24) is 25.2 Å². The van der Waals surface area contributed by atoms with Crippen LogP contribution in [0.1, 0.15) is 19.4 Å². The minimum absolute atomic E-state index is 0. The van der Waals surface area contributed by atoms with E-state index < -0.39 is 0 Å². The smallest absolute Gasteiger partial charge is 0.191 e. The van der Waals surface area contributed by atoms with Crippen LogP contribution >= 0.6 is 35.7 Å². The number of halogens is 1. The maximum atomic E-state index is 4.36. The van der Waals surface area contributed by atoms with Gasteiger partial charge in [0.25, 0.3) is 0 Å². The molecular formula is C16H25IN6S. The van der Waals surface area contributed by atoms with Crippen LogP contribution in [0.2, 0.25) is 0 Å². The summed E-state index contributed by atoms with van der Waals surface area (Å²) < 4.78 is 2.06. The fraction of sp³-hybridized carbons (Fsp3) is 0.438. The Morgan fingerprint density at radius 1 is 1.33 bits per heavy atom. The van der Waals surface area contributed by atoms with Gasteiger partial charge in [0.05, 0.1) is 0 Å². The minimum atomic E-state index is 0. The third-order valence-corrected chi connectivity index (χ3v) is 4.75. The maximum absolute atomic E-state index is 4.36. The topological polar surface area (TPSA) is 67.1 Å². The number of hydrogen-bond acceptors (Lipinski definition) is 4. The van der Waals surface area contributed by atoms with Crippen molar-refractivity contribution in [2.75, 3.05) is 19.8 Å². The van der Waals surface area contributed by atoms with E-state index in [1.54, 1.807) is 25.8 Å². The first-order valence-electron chi connectivity index (χ1n) is 7.47. The molecule has 0 spiro atoms. The second-order valence-corrected chi connectivity index (χ2v) is 7.25. The third kappa shape index (κ3) is 6.31. The summed E-state index contributed by atoms with van der Waals surface area (Å²) in [5.41, 5.74) is 1.13. The normalized spacial score (nSPS) is 11.8. The fourth-order valence-corrected chi connectivity index (χ4v) is 2.10. The first kappa shape index (κ1) is 20.8. The fourth-order valence-electron chi connectivity index (χ4n) is 1.88. The molecule has 0 bridgehead atoms. The molecule has 6 nitrogen and oxygen atoms in total. The molecule has 2 N–H and O–H groups in total. The summed E-state index contributed by atoms with van der Waals surface area (Å²) in [6, 6.07) is 4.03. The molecule has 0 saturated heterocycles. The molecule has 0 fully saturated rings. The molecule has 2 rings (SSSR count). The number of guanidine groups is 1. The van der Waals surface area contributed by atoms with Gasteiger partial charge in [-0.15, -0.1) is 24.0 Å². The van der Waals surface area contributed by atoms with Crippen molar-refractivity contribution in [3.8, 4) is 5.82 Å². The Morgan fingerprint density at radius 2 is 2.12 bits per heavy atom.